The molecule has 0 bridgehead atoms. The van der Waals surface area contributed by atoms with Gasteiger partial charge in [-0.25, -0.2) is 0 Å². The first kappa shape index (κ1) is 15.2. The molecular weight excluding hydrogens is 228 g/mol. The van der Waals surface area contributed by atoms with Crippen molar-refractivity contribution in [2.75, 3.05) is 19.9 Å². The first-order chi connectivity index (χ1) is 8.00. The predicted octanol–water partition coefficient (Wildman–Crippen LogP) is 3.65. The average Bonchev–Trinajstić information content (AvgIpc) is 2.68. The zero-order valence-corrected chi connectivity index (χ0v) is 13.3. The van der Waals surface area contributed by atoms with Gasteiger partial charge < -0.3 is 9.47 Å². The quantitative estimate of drug-likeness (QED) is 0.649. The van der Waals surface area contributed by atoms with Crippen molar-refractivity contribution in [3.8, 4) is 0 Å². The van der Waals surface area contributed by atoms with E-state index in [2.05, 4.69) is 27.7 Å². The summed E-state index contributed by atoms with van der Waals surface area (Å²) in [5, 5.41) is 0. The van der Waals surface area contributed by atoms with Crippen LogP contribution in [0.5, 0.6) is 0 Å². The van der Waals surface area contributed by atoms with Crippen molar-refractivity contribution in [3.05, 3.63) is 0 Å². The standard InChI is InChI=1S/C14H30O2Si/c1-12(2)9-17(11-15-5,10-13(3)4)14-7-6-8-16-14/h12-14H,6-11H2,1-5H3. The van der Waals surface area contributed by atoms with Crippen LogP contribution in [0.1, 0.15) is 40.5 Å². The maximum Gasteiger partial charge on any atom is 0.117 e. The van der Waals surface area contributed by atoms with E-state index < -0.39 is 8.07 Å². The van der Waals surface area contributed by atoms with Crippen LogP contribution in [0.3, 0.4) is 0 Å². The Morgan fingerprint density at radius 3 is 2.12 bits per heavy atom. The van der Waals surface area contributed by atoms with Crippen molar-refractivity contribution in [1.82, 2.24) is 0 Å². The molecule has 1 rings (SSSR count). The maximum absolute atomic E-state index is 6.05. The van der Waals surface area contributed by atoms with Crippen molar-refractivity contribution in [3.63, 3.8) is 0 Å². The number of methoxy groups -OCH3 is 1. The molecule has 0 amide bonds. The van der Waals surface area contributed by atoms with Gasteiger partial charge in [-0.2, -0.15) is 0 Å². The zero-order chi connectivity index (χ0) is 12.9. The molecule has 3 heteroatoms. The van der Waals surface area contributed by atoms with E-state index >= 15 is 0 Å². The summed E-state index contributed by atoms with van der Waals surface area (Å²) in [4.78, 5) is 0. The molecule has 1 atom stereocenters. The van der Waals surface area contributed by atoms with Gasteiger partial charge in [0.25, 0.3) is 0 Å². The Morgan fingerprint density at radius 2 is 1.76 bits per heavy atom. The van der Waals surface area contributed by atoms with Gasteiger partial charge in [0.05, 0.1) is 5.73 Å². The molecular formula is C14H30O2Si. The summed E-state index contributed by atoms with van der Waals surface area (Å²) in [6.07, 6.45) is 3.50. The van der Waals surface area contributed by atoms with Crippen molar-refractivity contribution in [2.24, 2.45) is 11.8 Å². The number of hydrogen-bond donors (Lipinski definition) is 0. The summed E-state index contributed by atoms with van der Waals surface area (Å²) < 4.78 is 11.7. The fourth-order valence-corrected chi connectivity index (χ4v) is 9.76. The molecule has 0 aromatic rings. The minimum atomic E-state index is -1.43. The number of ether oxygens (including phenoxy) is 2. The third-order valence-electron chi connectivity index (χ3n) is 3.67. The molecule has 1 unspecified atom stereocenters. The third-order valence-corrected chi connectivity index (χ3v) is 9.62. The second-order valence-electron chi connectivity index (χ2n) is 6.49. The molecule has 0 radical (unpaired) electrons. The van der Waals surface area contributed by atoms with Gasteiger partial charge in [-0.1, -0.05) is 39.8 Å². The Kier molecular flexibility index (Phi) is 6.17. The summed E-state index contributed by atoms with van der Waals surface area (Å²) in [7, 11) is 0.425. The molecule has 1 aliphatic heterocycles. The fourth-order valence-electron chi connectivity index (χ4n) is 3.53. The highest BCUT2D eigenvalue weighted by Crippen LogP contribution is 2.34. The minimum Gasteiger partial charge on any atom is -0.388 e. The molecule has 0 spiro atoms. The van der Waals surface area contributed by atoms with Crippen LogP contribution in [0.4, 0.5) is 0 Å². The van der Waals surface area contributed by atoms with Crippen LogP contribution in [-0.4, -0.2) is 33.7 Å². The second-order valence-corrected chi connectivity index (χ2v) is 11.0. The van der Waals surface area contributed by atoms with E-state index in [4.69, 9.17) is 9.47 Å². The first-order valence-corrected chi connectivity index (χ1v) is 9.80. The van der Waals surface area contributed by atoms with E-state index in [-0.39, 0.29) is 0 Å². The van der Waals surface area contributed by atoms with Crippen LogP contribution < -0.4 is 0 Å². The SMILES string of the molecule is COC[Si](CC(C)C)(CC(C)C)C1CCCO1. The van der Waals surface area contributed by atoms with Gasteiger partial charge in [-0.3, -0.25) is 0 Å². The van der Waals surface area contributed by atoms with Crippen LogP contribution in [0, 0.1) is 11.8 Å². The zero-order valence-electron chi connectivity index (χ0n) is 12.3. The molecule has 0 aromatic heterocycles. The van der Waals surface area contributed by atoms with Gasteiger partial charge in [0, 0.05) is 19.9 Å². The first-order valence-electron chi connectivity index (χ1n) is 7.10. The second kappa shape index (κ2) is 6.91. The molecule has 1 heterocycles. The van der Waals surface area contributed by atoms with Gasteiger partial charge in [0.2, 0.25) is 0 Å². The van der Waals surface area contributed by atoms with Crippen molar-refractivity contribution in [1.29, 1.82) is 0 Å². The molecule has 1 fully saturated rings. The Morgan fingerprint density at radius 1 is 1.18 bits per heavy atom. The number of hydrogen-bond acceptors (Lipinski definition) is 2. The summed E-state index contributed by atoms with van der Waals surface area (Å²) in [6, 6.07) is 2.70. The molecule has 0 N–H and O–H groups in total. The van der Waals surface area contributed by atoms with Crippen molar-refractivity contribution < 1.29 is 9.47 Å². The molecule has 1 saturated heterocycles. The van der Waals surface area contributed by atoms with Crippen molar-refractivity contribution >= 4 is 8.07 Å². The molecule has 1 aliphatic rings. The van der Waals surface area contributed by atoms with Gasteiger partial charge >= 0.3 is 0 Å². The van der Waals surface area contributed by atoms with Gasteiger partial charge in [0.1, 0.15) is 8.07 Å². The lowest BCUT2D eigenvalue weighted by atomic mass is 10.3. The predicted molar refractivity (Wildman–Crippen MR) is 75.9 cm³/mol. The van der Waals surface area contributed by atoms with Crippen LogP contribution in [0.15, 0.2) is 0 Å². The maximum atomic E-state index is 6.05. The fraction of sp³-hybridized carbons (Fsp3) is 1.00. The molecule has 0 aromatic carbocycles. The van der Waals surface area contributed by atoms with E-state index in [1.807, 2.05) is 7.11 Å². The monoisotopic (exact) mass is 258 g/mol. The lowest BCUT2D eigenvalue weighted by Crippen LogP contribution is -2.53. The third kappa shape index (κ3) is 4.38. The minimum absolute atomic E-state index is 0.548. The Labute approximate surface area is 108 Å². The molecule has 0 aliphatic carbocycles. The highest BCUT2D eigenvalue weighted by molar-refractivity contribution is 6.81. The Hall–Kier alpha value is 0.137. The van der Waals surface area contributed by atoms with Crippen LogP contribution in [-0.2, 0) is 9.47 Å². The van der Waals surface area contributed by atoms with E-state index in [0.717, 1.165) is 24.7 Å². The van der Waals surface area contributed by atoms with Crippen LogP contribution in [0.25, 0.3) is 0 Å². The Bertz CT molecular complexity index is 200. The largest absolute Gasteiger partial charge is 0.388 e. The Balaban J connectivity index is 2.82. The van der Waals surface area contributed by atoms with E-state index in [9.17, 15) is 0 Å². The van der Waals surface area contributed by atoms with Gasteiger partial charge in [-0.15, -0.1) is 0 Å². The number of rotatable bonds is 7. The van der Waals surface area contributed by atoms with E-state index in [1.165, 1.54) is 24.9 Å². The molecule has 102 valence electrons. The van der Waals surface area contributed by atoms with Gasteiger partial charge in [-0.05, 0) is 24.7 Å². The summed E-state index contributed by atoms with van der Waals surface area (Å²) in [5.41, 5.74) is 0.548. The average molecular weight is 258 g/mol. The summed E-state index contributed by atoms with van der Waals surface area (Å²) >= 11 is 0. The topological polar surface area (TPSA) is 18.5 Å². The van der Waals surface area contributed by atoms with E-state index in [0.29, 0.717) is 5.73 Å². The highest BCUT2D eigenvalue weighted by Gasteiger charge is 2.44. The molecule has 2 nitrogen and oxygen atoms in total. The summed E-state index contributed by atoms with van der Waals surface area (Å²) in [6.45, 7) is 10.3. The van der Waals surface area contributed by atoms with Crippen LogP contribution in [0.2, 0.25) is 12.1 Å². The van der Waals surface area contributed by atoms with Crippen LogP contribution >= 0.6 is 0 Å². The molecule has 17 heavy (non-hydrogen) atoms. The van der Waals surface area contributed by atoms with Crippen molar-refractivity contribution in [2.45, 2.75) is 58.4 Å². The smallest absolute Gasteiger partial charge is 0.117 e. The normalized spacial score (nSPS) is 21.7. The van der Waals surface area contributed by atoms with E-state index in [1.54, 1.807) is 0 Å². The summed E-state index contributed by atoms with van der Waals surface area (Å²) in [5.74, 6) is 1.53. The lowest BCUT2D eigenvalue weighted by molar-refractivity contribution is 0.147. The lowest BCUT2D eigenvalue weighted by Gasteiger charge is -2.38. The highest BCUT2D eigenvalue weighted by atomic mass is 28.3. The van der Waals surface area contributed by atoms with Gasteiger partial charge in [0.15, 0.2) is 0 Å². The molecule has 0 saturated carbocycles.